The number of carbonyl (C=O) groups excluding carboxylic acids is 1. The second-order valence-corrected chi connectivity index (χ2v) is 8.34. The Bertz CT molecular complexity index is 1180. The van der Waals surface area contributed by atoms with Crippen molar-refractivity contribution >= 4 is 45.3 Å². The summed E-state index contributed by atoms with van der Waals surface area (Å²) in [5.41, 5.74) is 7.86. The van der Waals surface area contributed by atoms with E-state index >= 15 is 0 Å². The molecule has 0 fully saturated rings. The van der Waals surface area contributed by atoms with Gasteiger partial charge < -0.3 is 10.5 Å². The molecular weight excluding hydrogens is 420 g/mol. The molecule has 0 unspecified atom stereocenters. The third-order valence-electron chi connectivity index (χ3n) is 4.65. The van der Waals surface area contributed by atoms with Crippen molar-refractivity contribution in [2.45, 2.75) is 26.1 Å². The van der Waals surface area contributed by atoms with Gasteiger partial charge in [0.05, 0.1) is 23.1 Å². The molecule has 0 saturated heterocycles. The highest BCUT2D eigenvalue weighted by molar-refractivity contribution is 7.14. The van der Waals surface area contributed by atoms with Crippen LogP contribution in [0.3, 0.4) is 0 Å². The zero-order valence-electron chi connectivity index (χ0n) is 16.0. The van der Waals surface area contributed by atoms with Crippen molar-refractivity contribution < 1.29 is 9.53 Å². The van der Waals surface area contributed by atoms with E-state index in [1.54, 1.807) is 24.7 Å². The number of nitrogens with two attached hydrogens (primary N) is 1. The molecule has 0 aliphatic heterocycles. The van der Waals surface area contributed by atoms with E-state index in [9.17, 15) is 4.79 Å². The lowest BCUT2D eigenvalue weighted by Gasteiger charge is -2.05. The SMILES string of the molecule is Nc1nccc2cc(CCC(=O)c3cc(Cl)c(COCc4cncnc4)s3)ccc12. The van der Waals surface area contributed by atoms with Gasteiger partial charge in [0, 0.05) is 40.8 Å². The fourth-order valence-corrected chi connectivity index (χ4v) is 4.40. The molecule has 152 valence electrons. The summed E-state index contributed by atoms with van der Waals surface area (Å²) >= 11 is 7.68. The number of nitrogens with zero attached hydrogens (tertiary/aromatic N) is 3. The second-order valence-electron chi connectivity index (χ2n) is 6.80. The topological polar surface area (TPSA) is 91.0 Å². The molecule has 0 aliphatic carbocycles. The zero-order valence-corrected chi connectivity index (χ0v) is 17.6. The molecule has 4 rings (SSSR count). The first-order valence-corrected chi connectivity index (χ1v) is 10.6. The number of halogens is 1. The molecule has 0 saturated carbocycles. The smallest absolute Gasteiger partial charge is 0.173 e. The van der Waals surface area contributed by atoms with Crippen LogP contribution in [0, 0.1) is 0 Å². The van der Waals surface area contributed by atoms with Crippen LogP contribution in [0.25, 0.3) is 10.8 Å². The predicted octanol–water partition coefficient (Wildman–Crippen LogP) is 4.85. The number of anilines is 1. The lowest BCUT2D eigenvalue weighted by Crippen LogP contribution is -1.99. The average molecular weight is 439 g/mol. The quantitative estimate of drug-likeness (QED) is 0.395. The van der Waals surface area contributed by atoms with E-state index in [4.69, 9.17) is 22.1 Å². The number of hydrogen-bond donors (Lipinski definition) is 1. The van der Waals surface area contributed by atoms with Gasteiger partial charge in [-0.05, 0) is 29.5 Å². The van der Waals surface area contributed by atoms with Crippen LogP contribution in [0.15, 0.2) is 55.2 Å². The summed E-state index contributed by atoms with van der Waals surface area (Å²) in [6.45, 7) is 0.728. The molecule has 0 amide bonds. The van der Waals surface area contributed by atoms with E-state index in [1.807, 2.05) is 18.2 Å². The van der Waals surface area contributed by atoms with E-state index in [-0.39, 0.29) is 5.78 Å². The minimum Gasteiger partial charge on any atom is -0.383 e. The van der Waals surface area contributed by atoms with E-state index < -0.39 is 0 Å². The number of hydrogen-bond acceptors (Lipinski definition) is 7. The fourth-order valence-electron chi connectivity index (χ4n) is 3.10. The highest BCUT2D eigenvalue weighted by atomic mass is 35.5. The largest absolute Gasteiger partial charge is 0.383 e. The minimum absolute atomic E-state index is 0.0685. The number of nitrogen functional groups attached to an aromatic ring is 1. The summed E-state index contributed by atoms with van der Waals surface area (Å²) in [7, 11) is 0. The predicted molar refractivity (Wildman–Crippen MR) is 119 cm³/mol. The van der Waals surface area contributed by atoms with Gasteiger partial charge in [-0.1, -0.05) is 29.8 Å². The Hall–Kier alpha value is -2.87. The third-order valence-corrected chi connectivity index (χ3v) is 6.25. The molecule has 30 heavy (non-hydrogen) atoms. The number of ether oxygens (including phenoxy) is 1. The van der Waals surface area contributed by atoms with Gasteiger partial charge in [0.25, 0.3) is 0 Å². The third kappa shape index (κ3) is 4.81. The molecule has 3 aromatic heterocycles. The Morgan fingerprint density at radius 1 is 1.10 bits per heavy atom. The Labute approximate surface area is 182 Å². The second kappa shape index (κ2) is 9.30. The normalized spacial score (nSPS) is 11.1. The number of aromatic nitrogens is 3. The highest BCUT2D eigenvalue weighted by Crippen LogP contribution is 2.29. The number of benzene rings is 1. The lowest BCUT2D eigenvalue weighted by molar-refractivity contribution is 0.0986. The Kier molecular flexibility index (Phi) is 6.32. The molecular formula is C22H19ClN4O2S. The van der Waals surface area contributed by atoms with Crippen LogP contribution >= 0.6 is 22.9 Å². The summed E-state index contributed by atoms with van der Waals surface area (Å²) in [6, 6.07) is 9.64. The number of Topliss-reactive ketones (excluding diaryl/α,β-unsaturated/α-hetero) is 1. The van der Waals surface area contributed by atoms with Crippen LogP contribution < -0.4 is 5.73 Å². The fraction of sp³-hybridized carbons (Fsp3) is 0.182. The summed E-state index contributed by atoms with van der Waals surface area (Å²) in [6.07, 6.45) is 7.62. The first-order valence-electron chi connectivity index (χ1n) is 9.36. The van der Waals surface area contributed by atoms with Gasteiger partial charge in [0.15, 0.2) is 5.78 Å². The zero-order chi connectivity index (χ0) is 20.9. The summed E-state index contributed by atoms with van der Waals surface area (Å²) in [5, 5.41) is 2.50. The van der Waals surface area contributed by atoms with E-state index in [0.29, 0.717) is 41.8 Å². The van der Waals surface area contributed by atoms with Gasteiger partial charge in [0.2, 0.25) is 0 Å². The van der Waals surface area contributed by atoms with Crippen LogP contribution in [-0.4, -0.2) is 20.7 Å². The Balaban J connectivity index is 1.35. The van der Waals surface area contributed by atoms with Crippen molar-refractivity contribution in [3.8, 4) is 0 Å². The van der Waals surface area contributed by atoms with Gasteiger partial charge in [0.1, 0.15) is 12.1 Å². The number of thiophene rings is 1. The molecule has 1 aromatic carbocycles. The molecule has 6 nitrogen and oxygen atoms in total. The summed E-state index contributed by atoms with van der Waals surface area (Å²) in [5.74, 6) is 0.580. The number of rotatable bonds is 8. The molecule has 0 radical (unpaired) electrons. The van der Waals surface area contributed by atoms with E-state index in [2.05, 4.69) is 21.0 Å². The molecule has 0 spiro atoms. The van der Waals surface area contributed by atoms with Crippen molar-refractivity contribution in [3.05, 3.63) is 81.2 Å². The van der Waals surface area contributed by atoms with Gasteiger partial charge in [-0.15, -0.1) is 11.3 Å². The number of pyridine rings is 1. The maximum absolute atomic E-state index is 12.7. The number of fused-ring (bicyclic) bond motifs is 1. The van der Waals surface area contributed by atoms with Crippen LogP contribution in [0.2, 0.25) is 5.02 Å². The summed E-state index contributed by atoms with van der Waals surface area (Å²) in [4.78, 5) is 26.2. The van der Waals surface area contributed by atoms with Crippen molar-refractivity contribution in [1.29, 1.82) is 0 Å². The molecule has 3 heterocycles. The molecule has 8 heteroatoms. The van der Waals surface area contributed by atoms with Crippen molar-refractivity contribution in [2.75, 3.05) is 5.73 Å². The van der Waals surface area contributed by atoms with Gasteiger partial charge in [-0.3, -0.25) is 4.79 Å². The van der Waals surface area contributed by atoms with E-state index in [1.165, 1.54) is 17.7 Å². The maximum Gasteiger partial charge on any atom is 0.173 e. The molecule has 4 aromatic rings. The number of carbonyl (C=O) groups is 1. The monoisotopic (exact) mass is 438 g/mol. The maximum atomic E-state index is 12.7. The Morgan fingerprint density at radius 3 is 2.77 bits per heavy atom. The lowest BCUT2D eigenvalue weighted by atomic mass is 10.0. The first kappa shape index (κ1) is 20.4. The van der Waals surface area contributed by atoms with E-state index in [0.717, 1.165) is 26.8 Å². The van der Waals surface area contributed by atoms with Gasteiger partial charge in [-0.25, -0.2) is 15.0 Å². The van der Waals surface area contributed by atoms with Crippen molar-refractivity contribution in [3.63, 3.8) is 0 Å². The minimum atomic E-state index is 0.0685. The van der Waals surface area contributed by atoms with Gasteiger partial charge >= 0.3 is 0 Å². The van der Waals surface area contributed by atoms with Crippen molar-refractivity contribution in [2.24, 2.45) is 0 Å². The van der Waals surface area contributed by atoms with Crippen LogP contribution in [-0.2, 0) is 24.4 Å². The standard InChI is InChI=1S/C22H19ClN4O2S/c23-18-8-20(30-21(18)12-29-11-15-9-25-13-26-10-15)19(28)4-2-14-1-3-17-16(7-14)5-6-27-22(17)24/h1,3,5-10,13H,2,4,11-12H2,(H2,24,27). The van der Waals surface area contributed by atoms with Crippen LogP contribution in [0.1, 0.15) is 32.1 Å². The molecule has 2 N–H and O–H groups in total. The number of aryl methyl sites for hydroxylation is 1. The first-order chi connectivity index (χ1) is 14.6. The van der Waals surface area contributed by atoms with Crippen molar-refractivity contribution in [1.82, 2.24) is 15.0 Å². The number of ketones is 1. The molecule has 0 atom stereocenters. The summed E-state index contributed by atoms with van der Waals surface area (Å²) < 4.78 is 5.68. The molecule has 0 bridgehead atoms. The highest BCUT2D eigenvalue weighted by Gasteiger charge is 2.14. The van der Waals surface area contributed by atoms with Crippen LogP contribution in [0.4, 0.5) is 5.82 Å². The van der Waals surface area contributed by atoms with Crippen LogP contribution in [0.5, 0.6) is 0 Å². The Morgan fingerprint density at radius 2 is 1.93 bits per heavy atom. The van der Waals surface area contributed by atoms with Gasteiger partial charge in [-0.2, -0.15) is 0 Å². The average Bonchev–Trinajstić information content (AvgIpc) is 3.13. The molecule has 0 aliphatic rings.